The number of halogens is 2. The van der Waals surface area contributed by atoms with E-state index >= 15 is 0 Å². The Labute approximate surface area is 63.9 Å². The summed E-state index contributed by atoms with van der Waals surface area (Å²) < 4.78 is 2.10. The van der Waals surface area contributed by atoms with Gasteiger partial charge in [0.1, 0.15) is 4.62 Å². The van der Waals surface area contributed by atoms with Crippen LogP contribution in [0.25, 0.3) is 0 Å². The van der Waals surface area contributed by atoms with Crippen LogP contribution >= 0.6 is 32.1 Å². The van der Waals surface area contributed by atoms with E-state index in [-0.39, 0.29) is 0 Å². The first-order valence-electron chi connectivity index (χ1n) is 1.83. The molecule has 0 aromatic heterocycles. The van der Waals surface area contributed by atoms with Gasteiger partial charge >= 0.3 is 0 Å². The highest BCUT2D eigenvalue weighted by Crippen LogP contribution is 2.02. The lowest BCUT2D eigenvalue weighted by molar-refractivity contribution is 0.438. The fraction of sp³-hybridized carbons (Fsp3) is 0. The topological polar surface area (TPSA) is 27.6 Å². The standard InChI is InChI=1S/C3H2Br2N3/c4-3-1-2-6-8(5)7-3/h1,6H. The largest absolute Gasteiger partial charge is 0.270 e. The number of hydrazone groups is 1. The van der Waals surface area contributed by atoms with Crippen LogP contribution in [0.1, 0.15) is 0 Å². The molecule has 0 bridgehead atoms. The number of allylic oxidation sites excluding steroid dienone is 1. The van der Waals surface area contributed by atoms with E-state index in [9.17, 15) is 0 Å². The Bertz CT molecular complexity index is 141. The quantitative estimate of drug-likeness (QED) is 0.643. The Balaban J connectivity index is 2.63. The molecule has 8 heavy (non-hydrogen) atoms. The van der Waals surface area contributed by atoms with Crippen molar-refractivity contribution in [1.82, 2.24) is 9.57 Å². The van der Waals surface area contributed by atoms with Gasteiger partial charge < -0.3 is 0 Å². The second kappa shape index (κ2) is 2.50. The molecular weight excluding hydrogens is 238 g/mol. The van der Waals surface area contributed by atoms with E-state index in [2.05, 4.69) is 48.8 Å². The van der Waals surface area contributed by atoms with Crippen molar-refractivity contribution in [3.8, 4) is 0 Å². The molecule has 1 N–H and O–H groups in total. The van der Waals surface area contributed by atoms with Crippen LogP contribution < -0.4 is 5.43 Å². The fourth-order valence-electron chi connectivity index (χ4n) is 0.283. The molecule has 1 rings (SSSR count). The van der Waals surface area contributed by atoms with Crippen LogP contribution in [0, 0.1) is 6.20 Å². The highest BCUT2D eigenvalue weighted by Gasteiger charge is 1.97. The van der Waals surface area contributed by atoms with Crippen molar-refractivity contribution in [2.24, 2.45) is 5.10 Å². The van der Waals surface area contributed by atoms with Crippen molar-refractivity contribution < 1.29 is 0 Å². The van der Waals surface area contributed by atoms with Gasteiger partial charge in [-0.3, -0.25) is 5.43 Å². The van der Waals surface area contributed by atoms with E-state index in [4.69, 9.17) is 0 Å². The number of hydrogen-bond donors (Lipinski definition) is 1. The SMILES string of the molecule is BrC1=NN(Br)N[C]=C1. The zero-order chi connectivity index (χ0) is 5.98. The third kappa shape index (κ3) is 1.48. The number of nitrogens with zero attached hydrogens (tertiary/aromatic N) is 2. The summed E-state index contributed by atoms with van der Waals surface area (Å²) in [5.74, 6) is 0. The van der Waals surface area contributed by atoms with Crippen molar-refractivity contribution in [2.75, 3.05) is 0 Å². The minimum absolute atomic E-state index is 0.730. The minimum atomic E-state index is 0.730. The highest BCUT2D eigenvalue weighted by molar-refractivity contribution is 9.18. The molecule has 0 aromatic rings. The summed E-state index contributed by atoms with van der Waals surface area (Å²) in [4.78, 5) is 0. The molecule has 0 unspecified atom stereocenters. The summed E-state index contributed by atoms with van der Waals surface area (Å²) in [6.07, 6.45) is 4.39. The average molecular weight is 240 g/mol. The molecule has 0 saturated carbocycles. The molecule has 0 aliphatic carbocycles. The van der Waals surface area contributed by atoms with Crippen LogP contribution in [0.15, 0.2) is 11.2 Å². The smallest absolute Gasteiger partial charge is 0.131 e. The Hall–Kier alpha value is -0.0300. The van der Waals surface area contributed by atoms with Crippen LogP contribution in [0.4, 0.5) is 0 Å². The van der Waals surface area contributed by atoms with E-state index in [1.807, 2.05) is 0 Å². The first-order chi connectivity index (χ1) is 3.79. The van der Waals surface area contributed by atoms with Gasteiger partial charge in [-0.2, -0.15) is 0 Å². The lowest BCUT2D eigenvalue weighted by atomic mass is 10.7. The van der Waals surface area contributed by atoms with Gasteiger partial charge in [0.2, 0.25) is 0 Å². The second-order valence-electron chi connectivity index (χ2n) is 1.08. The molecule has 0 fully saturated rings. The minimum Gasteiger partial charge on any atom is -0.270 e. The molecule has 0 amide bonds. The van der Waals surface area contributed by atoms with Gasteiger partial charge in [-0.1, -0.05) is 0 Å². The van der Waals surface area contributed by atoms with E-state index < -0.39 is 0 Å². The first kappa shape index (κ1) is 6.10. The monoisotopic (exact) mass is 238 g/mol. The zero-order valence-electron chi connectivity index (χ0n) is 3.73. The molecule has 0 spiro atoms. The zero-order valence-corrected chi connectivity index (χ0v) is 6.90. The second-order valence-corrected chi connectivity index (χ2v) is 2.57. The van der Waals surface area contributed by atoms with Crippen LogP contribution in [0.3, 0.4) is 0 Å². The van der Waals surface area contributed by atoms with Crippen molar-refractivity contribution in [1.29, 1.82) is 0 Å². The number of hydrazine groups is 1. The summed E-state index contributed by atoms with van der Waals surface area (Å²) in [5.41, 5.74) is 2.64. The molecule has 1 heterocycles. The average Bonchev–Trinajstić information content (AvgIpc) is 1.64. The van der Waals surface area contributed by atoms with Gasteiger partial charge in [-0.25, -0.2) is 0 Å². The Morgan fingerprint density at radius 1 is 1.88 bits per heavy atom. The molecule has 3 nitrogen and oxygen atoms in total. The third-order valence-corrected chi connectivity index (χ3v) is 1.25. The Morgan fingerprint density at radius 3 is 3.00 bits per heavy atom. The lowest BCUT2D eigenvalue weighted by Crippen LogP contribution is -2.22. The molecule has 1 aliphatic rings. The van der Waals surface area contributed by atoms with Crippen molar-refractivity contribution in [3.05, 3.63) is 12.3 Å². The summed E-state index contributed by atoms with van der Waals surface area (Å²) in [5, 5.41) is 3.84. The van der Waals surface area contributed by atoms with Gasteiger partial charge in [-0.15, -0.1) is 9.25 Å². The number of rotatable bonds is 0. The Morgan fingerprint density at radius 2 is 2.62 bits per heavy atom. The maximum absolute atomic E-state index is 3.84. The van der Waals surface area contributed by atoms with Crippen LogP contribution in [-0.4, -0.2) is 8.76 Å². The first-order valence-corrected chi connectivity index (χ1v) is 3.33. The maximum Gasteiger partial charge on any atom is 0.131 e. The normalized spacial score (nSPS) is 17.8. The highest BCUT2D eigenvalue weighted by atomic mass is 79.9. The van der Waals surface area contributed by atoms with E-state index in [0.717, 1.165) is 4.62 Å². The van der Waals surface area contributed by atoms with Crippen molar-refractivity contribution in [2.45, 2.75) is 0 Å². The molecule has 0 saturated heterocycles. The van der Waals surface area contributed by atoms with Gasteiger partial charge in [-0.05, 0) is 15.9 Å². The van der Waals surface area contributed by atoms with Crippen molar-refractivity contribution >= 4 is 36.7 Å². The van der Waals surface area contributed by atoms with Crippen LogP contribution in [0.2, 0.25) is 0 Å². The van der Waals surface area contributed by atoms with E-state index in [1.54, 1.807) is 6.08 Å². The van der Waals surface area contributed by atoms with Gasteiger partial charge in [0, 0.05) is 6.08 Å². The predicted molar refractivity (Wildman–Crippen MR) is 38.1 cm³/mol. The molecule has 0 atom stereocenters. The summed E-state index contributed by atoms with van der Waals surface area (Å²) in [6.45, 7) is 0. The molecule has 5 heteroatoms. The molecule has 43 valence electrons. The van der Waals surface area contributed by atoms with E-state index in [0.29, 0.717) is 0 Å². The predicted octanol–water partition coefficient (Wildman–Crippen LogP) is 1.14. The molecular formula is C3H2Br2N3. The molecule has 0 aromatic carbocycles. The number of hydrogen-bond acceptors (Lipinski definition) is 3. The Kier molecular flexibility index (Phi) is 1.90. The molecule has 1 radical (unpaired) electrons. The summed E-state index contributed by atoms with van der Waals surface area (Å²) in [6, 6.07) is 0. The van der Waals surface area contributed by atoms with Gasteiger partial charge in [0.05, 0.1) is 22.3 Å². The van der Waals surface area contributed by atoms with Crippen LogP contribution in [0.5, 0.6) is 0 Å². The van der Waals surface area contributed by atoms with Crippen molar-refractivity contribution in [3.63, 3.8) is 0 Å². The third-order valence-electron chi connectivity index (χ3n) is 0.531. The molecule has 1 aliphatic heterocycles. The van der Waals surface area contributed by atoms with E-state index in [1.165, 1.54) is 4.14 Å². The summed E-state index contributed by atoms with van der Waals surface area (Å²) in [7, 11) is 0. The lowest BCUT2D eigenvalue weighted by Gasteiger charge is -2.10. The maximum atomic E-state index is 3.84. The van der Waals surface area contributed by atoms with Crippen LogP contribution in [-0.2, 0) is 0 Å². The number of nitrogens with one attached hydrogen (secondary N) is 1. The fourth-order valence-corrected chi connectivity index (χ4v) is 1.04. The van der Waals surface area contributed by atoms with Gasteiger partial charge in [0.25, 0.3) is 0 Å². The van der Waals surface area contributed by atoms with Gasteiger partial charge in [0.15, 0.2) is 0 Å². The summed E-state index contributed by atoms with van der Waals surface area (Å²) >= 11 is 6.20.